The van der Waals surface area contributed by atoms with Crippen LogP contribution in [0.2, 0.25) is 0 Å². The van der Waals surface area contributed by atoms with Gasteiger partial charge in [-0.25, -0.2) is 0 Å². The summed E-state index contributed by atoms with van der Waals surface area (Å²) in [6.45, 7) is 10.4. The Hall–Kier alpha value is -1.09. The number of hydrogen-bond acceptors (Lipinski definition) is 2. The highest BCUT2D eigenvalue weighted by Gasteiger charge is 2.17. The van der Waals surface area contributed by atoms with Crippen molar-refractivity contribution in [3.8, 4) is 0 Å². The van der Waals surface area contributed by atoms with Crippen LogP contribution in [0.15, 0.2) is 25.3 Å². The molecule has 1 unspecified atom stereocenters. The van der Waals surface area contributed by atoms with E-state index >= 15 is 0 Å². The molecule has 3 heteroatoms. The maximum absolute atomic E-state index is 11.9. The molecule has 17 heavy (non-hydrogen) atoms. The summed E-state index contributed by atoms with van der Waals surface area (Å²) >= 11 is 0. The Morgan fingerprint density at radius 3 is 2.65 bits per heavy atom. The lowest BCUT2D eigenvalue weighted by atomic mass is 10.00. The van der Waals surface area contributed by atoms with E-state index in [9.17, 15) is 4.79 Å². The smallest absolute Gasteiger partial charge is 0.223 e. The number of carbonyl (C=O) groups excluding carboxylic acids is 1. The van der Waals surface area contributed by atoms with Crippen molar-refractivity contribution in [2.45, 2.75) is 25.7 Å². The Labute approximate surface area is 104 Å². The quantitative estimate of drug-likeness (QED) is 0.632. The monoisotopic (exact) mass is 236 g/mol. The number of allylic oxidation sites excluding steroid dienone is 2. The second-order valence-corrected chi connectivity index (χ2v) is 4.68. The molecule has 1 heterocycles. The van der Waals surface area contributed by atoms with Crippen LogP contribution in [0.3, 0.4) is 0 Å². The molecule has 1 rings (SSSR count). The second-order valence-electron chi connectivity index (χ2n) is 4.68. The van der Waals surface area contributed by atoms with Gasteiger partial charge in [0.2, 0.25) is 5.91 Å². The molecule has 1 amide bonds. The first-order valence-electron chi connectivity index (χ1n) is 6.48. The molecule has 0 aromatic rings. The van der Waals surface area contributed by atoms with Crippen LogP contribution in [-0.2, 0) is 4.79 Å². The molecular weight excluding hydrogens is 212 g/mol. The van der Waals surface area contributed by atoms with Crippen LogP contribution in [0.1, 0.15) is 25.7 Å². The van der Waals surface area contributed by atoms with Gasteiger partial charge in [-0.05, 0) is 44.7 Å². The van der Waals surface area contributed by atoms with Gasteiger partial charge in [0.25, 0.3) is 0 Å². The van der Waals surface area contributed by atoms with Gasteiger partial charge >= 0.3 is 0 Å². The van der Waals surface area contributed by atoms with Crippen molar-refractivity contribution in [3.05, 3.63) is 25.3 Å². The third-order valence-electron chi connectivity index (χ3n) is 3.29. The lowest BCUT2D eigenvalue weighted by Crippen LogP contribution is -2.32. The summed E-state index contributed by atoms with van der Waals surface area (Å²) in [5.74, 6) is 0.870. The first-order chi connectivity index (χ1) is 8.27. The molecule has 0 bridgehead atoms. The lowest BCUT2D eigenvalue weighted by Gasteiger charge is -2.14. The fraction of sp³-hybridized carbons (Fsp3) is 0.643. The van der Waals surface area contributed by atoms with Crippen molar-refractivity contribution in [1.29, 1.82) is 0 Å². The van der Waals surface area contributed by atoms with E-state index in [0.717, 1.165) is 44.8 Å². The first kappa shape index (κ1) is 14.0. The van der Waals surface area contributed by atoms with Gasteiger partial charge in [-0.2, -0.15) is 0 Å². The number of rotatable bonds is 8. The highest BCUT2D eigenvalue weighted by Crippen LogP contribution is 2.12. The molecule has 1 aliphatic rings. The molecule has 96 valence electrons. The molecule has 1 fully saturated rings. The highest BCUT2D eigenvalue weighted by atomic mass is 16.1. The van der Waals surface area contributed by atoms with E-state index in [4.69, 9.17) is 0 Å². The first-order valence-corrected chi connectivity index (χ1v) is 6.48. The summed E-state index contributed by atoms with van der Waals surface area (Å²) in [5.41, 5.74) is 0. The van der Waals surface area contributed by atoms with E-state index < -0.39 is 0 Å². The summed E-state index contributed by atoms with van der Waals surface area (Å²) in [6, 6.07) is 0. The summed E-state index contributed by atoms with van der Waals surface area (Å²) in [6.07, 6.45) is 7.36. The van der Waals surface area contributed by atoms with Gasteiger partial charge < -0.3 is 10.6 Å². The van der Waals surface area contributed by atoms with E-state index in [1.54, 1.807) is 12.2 Å². The summed E-state index contributed by atoms with van der Waals surface area (Å²) in [5, 5.41) is 6.35. The molecule has 3 nitrogen and oxygen atoms in total. The minimum Gasteiger partial charge on any atom is -0.356 e. The SMILES string of the molecule is C=CCC(CC=C)C(=O)NCCC1CCNC1. The second kappa shape index (κ2) is 8.07. The van der Waals surface area contributed by atoms with Gasteiger partial charge in [-0.1, -0.05) is 12.2 Å². The maximum atomic E-state index is 11.9. The Kier molecular flexibility index (Phi) is 6.63. The number of nitrogens with one attached hydrogen (secondary N) is 2. The van der Waals surface area contributed by atoms with Gasteiger partial charge in [0.05, 0.1) is 0 Å². The van der Waals surface area contributed by atoms with E-state index in [2.05, 4.69) is 23.8 Å². The Morgan fingerprint density at radius 1 is 1.41 bits per heavy atom. The number of hydrogen-bond donors (Lipinski definition) is 2. The largest absolute Gasteiger partial charge is 0.356 e. The van der Waals surface area contributed by atoms with Gasteiger partial charge in [0.1, 0.15) is 0 Å². The zero-order valence-corrected chi connectivity index (χ0v) is 10.6. The molecule has 1 aliphatic heterocycles. The molecule has 0 aromatic carbocycles. The lowest BCUT2D eigenvalue weighted by molar-refractivity contribution is -0.124. The third-order valence-corrected chi connectivity index (χ3v) is 3.29. The van der Waals surface area contributed by atoms with Crippen LogP contribution in [-0.4, -0.2) is 25.5 Å². The van der Waals surface area contributed by atoms with Crippen molar-refractivity contribution in [1.82, 2.24) is 10.6 Å². The topological polar surface area (TPSA) is 41.1 Å². The van der Waals surface area contributed by atoms with E-state index in [-0.39, 0.29) is 11.8 Å². The molecule has 0 radical (unpaired) electrons. The normalized spacial score (nSPS) is 19.2. The molecule has 0 aliphatic carbocycles. The molecule has 0 spiro atoms. The molecule has 0 aromatic heterocycles. The molecule has 0 saturated carbocycles. The Balaban J connectivity index is 2.20. The van der Waals surface area contributed by atoms with Crippen molar-refractivity contribution in [2.75, 3.05) is 19.6 Å². The van der Waals surface area contributed by atoms with Crippen LogP contribution in [0.5, 0.6) is 0 Å². The van der Waals surface area contributed by atoms with Gasteiger partial charge in [-0.3, -0.25) is 4.79 Å². The highest BCUT2D eigenvalue weighted by molar-refractivity contribution is 5.78. The predicted molar refractivity (Wildman–Crippen MR) is 71.7 cm³/mol. The molecule has 1 saturated heterocycles. The van der Waals surface area contributed by atoms with Crippen molar-refractivity contribution < 1.29 is 4.79 Å². The van der Waals surface area contributed by atoms with Crippen molar-refractivity contribution in [3.63, 3.8) is 0 Å². The van der Waals surface area contributed by atoms with Gasteiger partial charge in [0, 0.05) is 12.5 Å². The predicted octanol–water partition coefficient (Wildman–Crippen LogP) is 1.87. The van der Waals surface area contributed by atoms with E-state index in [1.165, 1.54) is 6.42 Å². The maximum Gasteiger partial charge on any atom is 0.223 e. The average molecular weight is 236 g/mol. The van der Waals surface area contributed by atoms with Crippen LogP contribution < -0.4 is 10.6 Å². The average Bonchev–Trinajstić information content (AvgIpc) is 2.81. The zero-order chi connectivity index (χ0) is 12.5. The van der Waals surface area contributed by atoms with Crippen molar-refractivity contribution in [2.24, 2.45) is 11.8 Å². The van der Waals surface area contributed by atoms with E-state index in [1.807, 2.05) is 0 Å². The number of carbonyl (C=O) groups is 1. The van der Waals surface area contributed by atoms with Crippen LogP contribution in [0.25, 0.3) is 0 Å². The number of amides is 1. The minimum atomic E-state index is 0.00621. The van der Waals surface area contributed by atoms with E-state index in [0.29, 0.717) is 0 Å². The zero-order valence-electron chi connectivity index (χ0n) is 10.6. The summed E-state index contributed by atoms with van der Waals surface area (Å²) in [4.78, 5) is 11.9. The fourth-order valence-electron chi connectivity index (χ4n) is 2.22. The molecular formula is C14H24N2O. The van der Waals surface area contributed by atoms with Gasteiger partial charge in [0.15, 0.2) is 0 Å². The Morgan fingerprint density at radius 2 is 2.12 bits per heavy atom. The summed E-state index contributed by atoms with van der Waals surface area (Å²) in [7, 11) is 0. The van der Waals surface area contributed by atoms with Crippen molar-refractivity contribution >= 4 is 5.91 Å². The molecule has 2 N–H and O–H groups in total. The van der Waals surface area contributed by atoms with Crippen LogP contribution in [0.4, 0.5) is 0 Å². The molecule has 1 atom stereocenters. The summed E-state index contributed by atoms with van der Waals surface area (Å²) < 4.78 is 0. The fourth-order valence-corrected chi connectivity index (χ4v) is 2.22. The van der Waals surface area contributed by atoms with Gasteiger partial charge in [-0.15, -0.1) is 13.2 Å². The Bertz CT molecular complexity index is 247. The third kappa shape index (κ3) is 5.18. The minimum absolute atomic E-state index is 0.00621. The standard InChI is InChI=1S/C14H24N2O/c1-3-5-13(6-4-2)14(17)16-10-8-12-7-9-15-11-12/h3-4,12-13,15H,1-2,5-11H2,(H,16,17). The van der Waals surface area contributed by atoms with Crippen LogP contribution >= 0.6 is 0 Å². The van der Waals surface area contributed by atoms with Crippen LogP contribution in [0, 0.1) is 11.8 Å².